The number of rotatable bonds is 14. The van der Waals surface area contributed by atoms with E-state index in [0.717, 1.165) is 34.5 Å². The monoisotopic (exact) mass is 1820 g/mol. The zero-order valence-electron chi connectivity index (χ0n) is 71.1. The van der Waals surface area contributed by atoms with Crippen molar-refractivity contribution < 1.29 is 135 Å². The zero-order chi connectivity index (χ0) is 95.0. The Bertz CT molecular complexity index is 6280. The highest BCUT2D eigenvalue weighted by molar-refractivity contribution is 5.57. The van der Waals surface area contributed by atoms with Gasteiger partial charge in [0.2, 0.25) is 39.9 Å². The summed E-state index contributed by atoms with van der Waals surface area (Å²) in [6.45, 7) is 12.4. The molecule has 12 aromatic rings. The molecular weight excluding hydrogens is 1720 g/mol. The third-order valence-corrected chi connectivity index (χ3v) is 24.3. The number of methoxy groups -OCH3 is 1. The number of nitriles is 1. The smallest absolute Gasteiger partial charge is 0.294 e. The van der Waals surface area contributed by atoms with Crippen LogP contribution >= 0.6 is 0 Å². The van der Waals surface area contributed by atoms with Crippen molar-refractivity contribution in [2.75, 3.05) is 46.8 Å². The normalized spacial score (nSPS) is 34.3. The van der Waals surface area contributed by atoms with Crippen molar-refractivity contribution in [2.45, 2.75) is 211 Å². The van der Waals surface area contributed by atoms with Gasteiger partial charge in [-0.1, -0.05) is 5.92 Å². The SMILES string of the molecule is C#C[C@@]1(c2ccc3c(C)ncnn23)O[C@H](CO)[C@@H](O)[C@@]1(C)O.CO[C@@]1(c2ccc3c(C)ncnn23)O[C@H](CO)[C@@H](O)[C@H]1O.Cc1ncnn2c([C@]3(C#N)O[C@H](CO)[C@@H](O)[C@H]3O)ccc12.Cc1ncnn2c([C@]3(N=[N+]=[N-])O[C@H](CO)[C@@H](O)[C@@]3(C)O)ccc12.Cc1ncnn2c([C@]3(O)O[C@H](CO)[C@@H](O)[C@@]3(C)O)cnc12.Cc1nn2c([C@]3(O)O[C@H](CO)[C@@H](O)[C@@]3(C)O)cnc2c(=O)[nH]1. The van der Waals surface area contributed by atoms with Crippen LogP contribution in [0.25, 0.3) is 43.8 Å². The van der Waals surface area contributed by atoms with Gasteiger partial charge in [0.05, 0.1) is 120 Å². The van der Waals surface area contributed by atoms with Gasteiger partial charge in [-0.25, -0.2) is 62.0 Å². The van der Waals surface area contributed by atoms with Gasteiger partial charge < -0.3 is 140 Å². The Morgan fingerprint density at radius 3 is 1.25 bits per heavy atom. The first-order valence-corrected chi connectivity index (χ1v) is 39.7. The minimum atomic E-state index is -2.40. The van der Waals surface area contributed by atoms with Crippen LogP contribution in [0, 0.1) is 65.2 Å². The molecule has 6 aliphatic rings. The molecule has 0 aliphatic carbocycles. The minimum absolute atomic E-state index is 0.0444. The van der Waals surface area contributed by atoms with Gasteiger partial charge in [-0.3, -0.25) is 4.79 Å². The van der Waals surface area contributed by atoms with Gasteiger partial charge >= 0.3 is 0 Å². The lowest BCUT2D eigenvalue weighted by Crippen LogP contribution is -2.53. The molecule has 0 amide bonds. The second-order valence-corrected chi connectivity index (χ2v) is 32.0. The fraction of sp³-hybridized carbons (Fsp3) is 0.526. The van der Waals surface area contributed by atoms with Crippen LogP contribution in [0.15, 0.2) is 102 Å². The molecule has 0 radical (unpaired) electrons. The molecule has 0 spiro atoms. The lowest BCUT2D eigenvalue weighted by Gasteiger charge is -2.34. The lowest BCUT2D eigenvalue weighted by molar-refractivity contribution is -0.276. The van der Waals surface area contributed by atoms with Gasteiger partial charge in [-0.05, 0) is 128 Å². The molecule has 12 aromatic heterocycles. The first-order chi connectivity index (χ1) is 61.4. The van der Waals surface area contributed by atoms with Crippen molar-refractivity contribution in [3.8, 4) is 18.4 Å². The molecule has 6 saturated heterocycles. The molecular formula is C78H96N24O28. The van der Waals surface area contributed by atoms with Crippen LogP contribution in [0.1, 0.15) is 96.2 Å². The van der Waals surface area contributed by atoms with Crippen molar-refractivity contribution in [3.63, 3.8) is 0 Å². The number of aliphatic hydroxyl groups is 20. The molecule has 0 unspecified atom stereocenters. The van der Waals surface area contributed by atoms with Gasteiger partial charge in [-0.15, -0.1) is 6.42 Å². The molecule has 0 saturated carbocycles. The number of imidazole rings is 2. The van der Waals surface area contributed by atoms with Crippen LogP contribution in [0.4, 0.5) is 0 Å². The van der Waals surface area contributed by atoms with E-state index in [0.29, 0.717) is 50.7 Å². The third-order valence-electron chi connectivity index (χ3n) is 24.3. The van der Waals surface area contributed by atoms with Gasteiger partial charge in [0.1, 0.15) is 168 Å². The van der Waals surface area contributed by atoms with Crippen molar-refractivity contribution in [1.82, 2.24) is 97.6 Å². The number of aryl methyl sites for hydroxylation is 6. The topological polar surface area (TPSA) is 769 Å². The maximum atomic E-state index is 11.8. The molecule has 18 heterocycles. The lowest BCUT2D eigenvalue weighted by atomic mass is 9.80. The summed E-state index contributed by atoms with van der Waals surface area (Å²) in [5.41, 5.74) is 2.89. The standard InChI is InChI=1S/C15H17N3O4.C13H16N6O4.C13H14N4O4.C13H17N3O5.C12H16N4O6.C12H16N4O5/c1-4-15(14(3,21)13(20)11(7-19)22-15)12-6-5-10-9(2)16-8-17-18(10)12;1-7-8-3-4-10(19(8)16-6-15-7)13(17-18-14)12(2,22)11(21)9(5-20)23-13;1-7-8-2-3-10(17(8)16-6-15-7)13(5-14)12(20)11(19)9(4-18)21-13;1-7-8-3-4-10(16(8)15-6-14-7)13(20-2)12(19)11(18)9(5-17)21-13;1-5-14-10(19)9-13-3-7(16(9)15-5)12(21)11(2,20)8(18)6(4-17)22-12;1-6-10-13-3-8(16(10)15-5-14-6)12(20)11(2,19)9(18)7(4-17)21-12/h1,5-6,8,11,13,19-21H,7H2,2-3H3;3-4,6,9,11,20-22H,5H2,1-2H3;2-3,6,9,11-12,18-20H,4H2,1H3;3-4,6,9,11-12,17-19H,5H2,1-2H3;3,6,8,17-18,20-21H,4H2,1-2H3,(H,14,15,19);3,5,7,9,17-20H,4H2,1-2H3/t11-,13-,14-,15+;3*9-,11-,12-,13+;6-,8-,11-,12+;7-,9-,11-,12+/m111111/s1. The molecule has 6 aliphatic heterocycles. The molecule has 18 rings (SSSR count). The number of azide groups is 1. The van der Waals surface area contributed by atoms with E-state index in [2.05, 4.69) is 86.4 Å². The highest BCUT2D eigenvalue weighted by atomic mass is 16.7. The Labute approximate surface area is 732 Å². The van der Waals surface area contributed by atoms with Crippen LogP contribution in [0.3, 0.4) is 0 Å². The van der Waals surface area contributed by atoms with Gasteiger partial charge in [0.15, 0.2) is 5.65 Å². The van der Waals surface area contributed by atoms with Gasteiger partial charge in [0, 0.05) is 12.0 Å². The number of aromatic nitrogens is 20. The second-order valence-electron chi connectivity index (χ2n) is 32.0. The fourth-order valence-corrected chi connectivity index (χ4v) is 16.6. The van der Waals surface area contributed by atoms with E-state index < -0.39 is 187 Å². The average Bonchev–Trinajstić information content (AvgIpc) is 1.56. The summed E-state index contributed by atoms with van der Waals surface area (Å²) < 4.78 is 46.6. The van der Waals surface area contributed by atoms with Gasteiger partial charge in [-0.2, -0.15) is 35.9 Å². The molecule has 21 N–H and O–H groups in total. The fourth-order valence-electron chi connectivity index (χ4n) is 16.6. The minimum Gasteiger partial charge on any atom is -0.394 e. The first kappa shape index (κ1) is 96.2. The number of H-pyrrole nitrogens is 1. The van der Waals surface area contributed by atoms with Crippen LogP contribution in [0.2, 0.25) is 0 Å². The second kappa shape index (κ2) is 35.7. The molecule has 52 heteroatoms. The summed E-state index contributed by atoms with van der Waals surface area (Å²) in [4.78, 5) is 45.3. The van der Waals surface area contributed by atoms with E-state index >= 15 is 0 Å². The number of nitrogens with zero attached hydrogens (tertiary/aromatic N) is 23. The third kappa shape index (κ3) is 14.9. The molecule has 52 nitrogen and oxygen atoms in total. The van der Waals surface area contributed by atoms with Crippen LogP contribution in [-0.4, -0.2) is 354 Å². The van der Waals surface area contributed by atoms with E-state index in [1.54, 1.807) is 73.8 Å². The summed E-state index contributed by atoms with van der Waals surface area (Å²) in [5, 5.41) is 238. The maximum Gasteiger partial charge on any atom is 0.294 e. The number of aliphatic hydroxyl groups excluding tert-OH is 14. The summed E-state index contributed by atoms with van der Waals surface area (Å²) in [7, 11) is 1.36. The van der Waals surface area contributed by atoms with Crippen molar-refractivity contribution >= 4 is 33.4 Å². The summed E-state index contributed by atoms with van der Waals surface area (Å²) >= 11 is 0. The Morgan fingerprint density at radius 2 is 0.831 bits per heavy atom. The number of terminal acetylenes is 1. The summed E-state index contributed by atoms with van der Waals surface area (Å²) in [5.74, 6) is -3.54. The van der Waals surface area contributed by atoms with Crippen molar-refractivity contribution in [1.29, 1.82) is 5.26 Å². The van der Waals surface area contributed by atoms with Crippen LogP contribution in [0.5, 0.6) is 0 Å². The van der Waals surface area contributed by atoms with Crippen LogP contribution in [-0.2, 0) is 67.4 Å². The van der Waals surface area contributed by atoms with E-state index in [-0.39, 0.29) is 34.2 Å². The molecule has 0 bridgehead atoms. The largest absolute Gasteiger partial charge is 0.394 e. The van der Waals surface area contributed by atoms with E-state index in [4.69, 9.17) is 45.1 Å². The molecule has 696 valence electrons. The number of ether oxygens (including phenoxy) is 7. The number of hydrogen-bond donors (Lipinski definition) is 21. The van der Waals surface area contributed by atoms with Crippen molar-refractivity contribution in [2.24, 2.45) is 5.11 Å². The van der Waals surface area contributed by atoms with E-state index in [9.17, 15) is 112 Å². The predicted octanol–water partition coefficient (Wildman–Crippen LogP) is -7.35. The van der Waals surface area contributed by atoms with Crippen molar-refractivity contribution in [3.05, 3.63) is 182 Å². The van der Waals surface area contributed by atoms with E-state index in [1.807, 2.05) is 19.9 Å². The number of fused-ring (bicyclic) bond motifs is 6. The average molecular weight is 1820 g/mol. The highest BCUT2D eigenvalue weighted by Gasteiger charge is 2.69. The molecule has 130 heavy (non-hydrogen) atoms. The Hall–Kier alpha value is -11.3. The first-order valence-electron chi connectivity index (χ1n) is 39.7. The Morgan fingerprint density at radius 1 is 0.454 bits per heavy atom. The Kier molecular flexibility index (Phi) is 26.5. The summed E-state index contributed by atoms with van der Waals surface area (Å²) in [6.07, 6.45) is -2.90. The van der Waals surface area contributed by atoms with E-state index in [1.165, 1.54) is 90.7 Å². The number of nitrogens with one attached hydrogen (secondary N) is 1. The maximum absolute atomic E-state index is 11.8. The zero-order valence-corrected chi connectivity index (χ0v) is 71.1. The van der Waals surface area contributed by atoms with Crippen LogP contribution < -0.4 is 5.56 Å². The predicted molar refractivity (Wildman–Crippen MR) is 432 cm³/mol. The highest BCUT2D eigenvalue weighted by Crippen LogP contribution is 2.52. The summed E-state index contributed by atoms with van der Waals surface area (Å²) in [6, 6.07) is 15.4. The molecule has 24 atom stereocenters. The quantitative estimate of drug-likeness (QED) is 0.0208. The van der Waals surface area contributed by atoms with Gasteiger partial charge in [0.25, 0.3) is 5.56 Å². The Balaban J connectivity index is 0.000000133. The molecule has 6 fully saturated rings. The number of aromatic amines is 1. The number of hydrogen-bond acceptors (Lipinski definition) is 43. The molecule has 0 aromatic carbocycles.